The number of halogens is 1. The molecule has 0 aliphatic carbocycles. The van der Waals surface area contributed by atoms with Crippen LogP contribution in [-0.4, -0.2) is 53.3 Å². The molecular weight excluding hydrogens is 368 g/mol. The maximum Gasteiger partial charge on any atom is 0.336 e. The van der Waals surface area contributed by atoms with Gasteiger partial charge in [0.1, 0.15) is 29.4 Å². The highest BCUT2D eigenvalue weighted by atomic mass is 35.5. The molecule has 1 aromatic carbocycles. The van der Waals surface area contributed by atoms with Crippen LogP contribution in [0.5, 0.6) is 5.75 Å². The predicted molar refractivity (Wildman–Crippen MR) is 90.2 cm³/mol. The van der Waals surface area contributed by atoms with Crippen molar-refractivity contribution in [3.8, 4) is 5.75 Å². The molecule has 3 rings (SSSR count). The van der Waals surface area contributed by atoms with Gasteiger partial charge in [0.15, 0.2) is 6.10 Å². The molecule has 1 saturated heterocycles. The van der Waals surface area contributed by atoms with E-state index in [0.717, 1.165) is 10.9 Å². The van der Waals surface area contributed by atoms with Crippen LogP contribution in [0, 0.1) is 6.92 Å². The molecule has 2 aromatic rings. The number of aliphatic hydroxyl groups is 2. The topological polar surface area (TPSA) is 115 Å². The van der Waals surface area contributed by atoms with Crippen molar-refractivity contribution >= 4 is 28.5 Å². The molecule has 1 aromatic heterocycles. The number of esters is 1. The van der Waals surface area contributed by atoms with Crippen molar-refractivity contribution < 1.29 is 33.6 Å². The van der Waals surface area contributed by atoms with E-state index in [1.54, 1.807) is 19.1 Å². The average molecular weight is 385 g/mol. The Morgan fingerprint density at radius 2 is 2.08 bits per heavy atom. The van der Waals surface area contributed by atoms with E-state index in [-0.39, 0.29) is 18.2 Å². The molecule has 4 atom stereocenters. The summed E-state index contributed by atoms with van der Waals surface area (Å²) in [7, 11) is 0. The van der Waals surface area contributed by atoms with E-state index in [0.29, 0.717) is 5.58 Å². The molecule has 0 unspecified atom stereocenters. The van der Waals surface area contributed by atoms with Gasteiger partial charge in [-0.25, -0.2) is 4.79 Å². The van der Waals surface area contributed by atoms with Gasteiger partial charge >= 0.3 is 11.6 Å². The van der Waals surface area contributed by atoms with Crippen molar-refractivity contribution in [1.29, 1.82) is 0 Å². The van der Waals surface area contributed by atoms with E-state index >= 15 is 0 Å². The van der Waals surface area contributed by atoms with Crippen LogP contribution in [0.25, 0.3) is 11.0 Å². The summed E-state index contributed by atoms with van der Waals surface area (Å²) >= 11 is 5.35. The van der Waals surface area contributed by atoms with Gasteiger partial charge < -0.3 is 28.8 Å². The van der Waals surface area contributed by atoms with Crippen molar-refractivity contribution in [2.45, 2.75) is 31.5 Å². The van der Waals surface area contributed by atoms with Crippen molar-refractivity contribution in [2.24, 2.45) is 0 Å². The summed E-state index contributed by atoms with van der Waals surface area (Å²) in [5.41, 5.74) is 0.601. The Labute approximate surface area is 152 Å². The minimum Gasteiger partial charge on any atom is -0.462 e. The Morgan fingerprint density at radius 1 is 1.31 bits per heavy atom. The van der Waals surface area contributed by atoms with E-state index in [1.165, 1.54) is 12.1 Å². The quantitative estimate of drug-likeness (QED) is 0.450. The first-order valence-electron chi connectivity index (χ1n) is 7.83. The van der Waals surface area contributed by atoms with E-state index in [1.807, 2.05) is 0 Å². The highest BCUT2D eigenvalue weighted by Gasteiger charge is 2.41. The first-order valence-corrected chi connectivity index (χ1v) is 8.37. The zero-order chi connectivity index (χ0) is 18.8. The Morgan fingerprint density at radius 3 is 2.81 bits per heavy atom. The van der Waals surface area contributed by atoms with Crippen LogP contribution >= 0.6 is 11.6 Å². The molecule has 1 aliphatic heterocycles. The summed E-state index contributed by atoms with van der Waals surface area (Å²) in [4.78, 5) is 22.7. The SMILES string of the molecule is Cc1cc(=O)oc2cc(O[C@@H]3OC[C@@H](OC(=O)CCl)[C@H](O)[C@H]3O)ccc12. The Balaban J connectivity index is 1.74. The second-order valence-electron chi connectivity index (χ2n) is 5.87. The molecular formula is C17H17ClO8. The number of aryl methyl sites for hydroxylation is 1. The van der Waals surface area contributed by atoms with Crippen LogP contribution in [0.3, 0.4) is 0 Å². The average Bonchev–Trinajstić information content (AvgIpc) is 2.60. The minimum absolute atomic E-state index is 0.173. The number of benzene rings is 1. The van der Waals surface area contributed by atoms with E-state index in [2.05, 4.69) is 0 Å². The van der Waals surface area contributed by atoms with E-state index in [9.17, 15) is 19.8 Å². The summed E-state index contributed by atoms with van der Waals surface area (Å²) in [5, 5.41) is 21.0. The molecule has 9 heteroatoms. The molecule has 0 spiro atoms. The molecule has 26 heavy (non-hydrogen) atoms. The largest absolute Gasteiger partial charge is 0.462 e. The predicted octanol–water partition coefficient (Wildman–Crippen LogP) is 0.709. The number of alkyl halides is 1. The summed E-state index contributed by atoms with van der Waals surface area (Å²) in [6, 6.07) is 6.21. The van der Waals surface area contributed by atoms with Crippen molar-refractivity contribution in [2.75, 3.05) is 12.5 Å². The fourth-order valence-electron chi connectivity index (χ4n) is 2.69. The third-order valence-corrected chi connectivity index (χ3v) is 4.22. The number of rotatable bonds is 4. The van der Waals surface area contributed by atoms with Crippen LogP contribution < -0.4 is 10.4 Å². The lowest BCUT2D eigenvalue weighted by atomic mass is 10.1. The van der Waals surface area contributed by atoms with Gasteiger partial charge in [-0.05, 0) is 24.6 Å². The highest BCUT2D eigenvalue weighted by molar-refractivity contribution is 6.26. The Bertz CT molecular complexity index is 863. The zero-order valence-corrected chi connectivity index (χ0v) is 14.5. The lowest BCUT2D eigenvalue weighted by Crippen LogP contribution is -2.56. The van der Waals surface area contributed by atoms with Gasteiger partial charge in [0.05, 0.1) is 6.61 Å². The zero-order valence-electron chi connectivity index (χ0n) is 13.8. The minimum atomic E-state index is -1.46. The number of aliphatic hydroxyl groups excluding tert-OH is 2. The fourth-order valence-corrected chi connectivity index (χ4v) is 2.75. The smallest absolute Gasteiger partial charge is 0.336 e. The molecule has 0 amide bonds. The molecule has 2 heterocycles. The summed E-state index contributed by atoms with van der Waals surface area (Å²) in [5.74, 6) is -0.828. The maximum absolute atomic E-state index is 11.5. The number of ether oxygens (including phenoxy) is 3. The van der Waals surface area contributed by atoms with Gasteiger partial charge in [-0.3, -0.25) is 4.79 Å². The van der Waals surface area contributed by atoms with Gasteiger partial charge in [0.25, 0.3) is 0 Å². The van der Waals surface area contributed by atoms with Crippen LogP contribution in [-0.2, 0) is 14.3 Å². The monoisotopic (exact) mass is 384 g/mol. The van der Waals surface area contributed by atoms with Gasteiger partial charge in [0, 0.05) is 17.5 Å². The standard InChI is InChI=1S/C17H17ClO8/c1-8-4-13(19)25-11-5-9(2-3-10(8)11)24-17-16(22)15(21)12(7-23-17)26-14(20)6-18/h2-5,12,15-17,21-22H,6-7H2,1H3/t12-,15+,16-,17+/m1/s1. The Kier molecular flexibility index (Phi) is 5.47. The second kappa shape index (κ2) is 7.63. The van der Waals surface area contributed by atoms with Crippen molar-refractivity contribution in [3.63, 3.8) is 0 Å². The molecule has 1 fully saturated rings. The summed E-state index contributed by atoms with van der Waals surface area (Å²) in [6.45, 7) is 1.61. The molecule has 1 aliphatic rings. The number of fused-ring (bicyclic) bond motifs is 1. The van der Waals surface area contributed by atoms with E-state index < -0.39 is 36.2 Å². The molecule has 0 radical (unpaired) electrons. The third-order valence-electron chi connectivity index (χ3n) is 4.00. The molecule has 0 saturated carbocycles. The third kappa shape index (κ3) is 3.83. The molecule has 0 bridgehead atoms. The van der Waals surface area contributed by atoms with Gasteiger partial charge in [0.2, 0.25) is 6.29 Å². The van der Waals surface area contributed by atoms with Gasteiger partial charge in [-0.2, -0.15) is 0 Å². The maximum atomic E-state index is 11.5. The second-order valence-corrected chi connectivity index (χ2v) is 6.14. The van der Waals surface area contributed by atoms with Crippen LogP contribution in [0.1, 0.15) is 5.56 Å². The first kappa shape index (κ1) is 18.7. The lowest BCUT2D eigenvalue weighted by Gasteiger charge is -2.36. The van der Waals surface area contributed by atoms with Crippen molar-refractivity contribution in [3.05, 3.63) is 40.2 Å². The normalized spacial score (nSPS) is 25.8. The van der Waals surface area contributed by atoms with Crippen LogP contribution in [0.2, 0.25) is 0 Å². The highest BCUT2D eigenvalue weighted by Crippen LogP contribution is 2.26. The number of carbonyl (C=O) groups excluding carboxylic acids is 1. The van der Waals surface area contributed by atoms with E-state index in [4.69, 9.17) is 30.2 Å². The van der Waals surface area contributed by atoms with Gasteiger partial charge in [-0.1, -0.05) is 0 Å². The molecule has 2 N–H and O–H groups in total. The van der Waals surface area contributed by atoms with Gasteiger partial charge in [-0.15, -0.1) is 11.6 Å². The van der Waals surface area contributed by atoms with Crippen LogP contribution in [0.4, 0.5) is 0 Å². The lowest BCUT2D eigenvalue weighted by molar-refractivity contribution is -0.247. The number of carbonyl (C=O) groups is 1. The summed E-state index contributed by atoms with van der Waals surface area (Å²) < 4.78 is 20.9. The molecule has 140 valence electrons. The van der Waals surface area contributed by atoms with Crippen molar-refractivity contribution in [1.82, 2.24) is 0 Å². The number of hydrogen-bond acceptors (Lipinski definition) is 8. The first-order chi connectivity index (χ1) is 12.4. The van der Waals surface area contributed by atoms with Crippen LogP contribution in [0.15, 0.2) is 33.5 Å². The Hall–Kier alpha value is -2.13. The molecule has 8 nitrogen and oxygen atoms in total. The number of hydrogen-bond donors (Lipinski definition) is 2. The summed E-state index contributed by atoms with van der Waals surface area (Å²) in [6.07, 6.45) is -5.10. The fraction of sp³-hybridized carbons (Fsp3) is 0.412.